The number of benzene rings is 3. The van der Waals surface area contributed by atoms with Gasteiger partial charge in [-0.25, -0.2) is 9.59 Å². The molecular weight excluding hydrogens is 586 g/mol. The average molecular weight is 634 g/mol. The third kappa shape index (κ3) is 10.6. The van der Waals surface area contributed by atoms with E-state index in [1.807, 2.05) is 63.2 Å². The summed E-state index contributed by atoms with van der Waals surface area (Å²) < 4.78 is 23.2. The molecule has 2 atom stereocenters. The van der Waals surface area contributed by atoms with E-state index in [2.05, 4.69) is 44.2 Å². The van der Waals surface area contributed by atoms with Gasteiger partial charge >= 0.3 is 12.1 Å². The molecule has 1 aliphatic heterocycles. The first-order valence-electron chi connectivity index (χ1n) is 15.8. The number of carbonyl (C=O) groups is 2. The maximum absolute atomic E-state index is 13.5. The van der Waals surface area contributed by atoms with Crippen molar-refractivity contribution in [3.63, 3.8) is 0 Å². The van der Waals surface area contributed by atoms with E-state index in [0.29, 0.717) is 36.9 Å². The molecule has 0 N–H and O–H groups in total. The highest BCUT2D eigenvalue weighted by molar-refractivity contribution is 8.00. The molecule has 1 heterocycles. The first kappa shape index (κ1) is 34.5. The molecule has 3 aromatic carbocycles. The quantitative estimate of drug-likeness (QED) is 0.146. The van der Waals surface area contributed by atoms with Crippen LogP contribution >= 0.6 is 11.8 Å². The number of esters is 1. The summed E-state index contributed by atoms with van der Waals surface area (Å²) in [4.78, 5) is 28.4. The van der Waals surface area contributed by atoms with E-state index in [4.69, 9.17) is 18.9 Å². The van der Waals surface area contributed by atoms with Crippen LogP contribution in [0.15, 0.2) is 77.7 Å². The predicted octanol–water partition coefficient (Wildman–Crippen LogP) is 8.70. The summed E-state index contributed by atoms with van der Waals surface area (Å²) in [5.41, 5.74) is 4.13. The number of hydrogen-bond donors (Lipinski definition) is 0. The fourth-order valence-electron chi connectivity index (χ4n) is 5.14. The lowest BCUT2D eigenvalue weighted by Gasteiger charge is -2.33. The smallest absolute Gasteiger partial charge is 0.410 e. The van der Waals surface area contributed by atoms with Crippen LogP contribution in [0.5, 0.6) is 0 Å². The number of nitrogens with zero attached hydrogens (tertiary/aromatic N) is 1. The second-order valence-electron chi connectivity index (χ2n) is 12.6. The van der Waals surface area contributed by atoms with Crippen LogP contribution in [0, 0.1) is 0 Å². The third-order valence-corrected chi connectivity index (χ3v) is 8.43. The number of methoxy groups -OCH3 is 1. The van der Waals surface area contributed by atoms with Gasteiger partial charge in [-0.05, 0) is 80.8 Å². The molecule has 3 aromatic rings. The van der Waals surface area contributed by atoms with Gasteiger partial charge in [-0.2, -0.15) is 0 Å². The summed E-state index contributed by atoms with van der Waals surface area (Å²) in [5.74, 6) is -0.333. The minimum atomic E-state index is -0.622. The molecule has 1 fully saturated rings. The molecule has 0 saturated carbocycles. The standard InChI is InChI=1S/C37H47NO6S/c1-26(2)45-33-24-30(19-20-31(33)35(39)41-6)28-17-15-27(16-18-28)21-22-38(36(40)44-37(3,4)5)25-32(29-12-8-7-9-13-29)43-34-14-10-11-23-42-34/h7-9,12-13,15-20,24,26,32,34H,10-11,14,21-23,25H2,1-6H3/t32-,34?/m0/s1. The minimum Gasteiger partial charge on any atom is -0.465 e. The number of thioether (sulfide) groups is 1. The van der Waals surface area contributed by atoms with Crippen molar-refractivity contribution in [3.05, 3.63) is 89.5 Å². The largest absolute Gasteiger partial charge is 0.465 e. The van der Waals surface area contributed by atoms with Crippen molar-refractivity contribution in [2.45, 2.75) is 88.4 Å². The minimum absolute atomic E-state index is 0.293. The lowest BCUT2D eigenvalue weighted by atomic mass is 10.0. The number of hydrogen-bond acceptors (Lipinski definition) is 7. The molecule has 1 amide bonds. The molecule has 242 valence electrons. The molecule has 1 unspecified atom stereocenters. The van der Waals surface area contributed by atoms with Gasteiger partial charge in [-0.15, -0.1) is 11.8 Å². The van der Waals surface area contributed by atoms with Crippen molar-refractivity contribution in [1.82, 2.24) is 4.90 Å². The molecule has 0 aliphatic carbocycles. The van der Waals surface area contributed by atoms with E-state index >= 15 is 0 Å². The van der Waals surface area contributed by atoms with Gasteiger partial charge in [0.15, 0.2) is 6.29 Å². The Hall–Kier alpha value is -3.33. The van der Waals surface area contributed by atoms with Crippen LogP contribution in [0.2, 0.25) is 0 Å². The van der Waals surface area contributed by atoms with E-state index in [1.54, 1.807) is 16.7 Å². The molecule has 7 nitrogen and oxygen atoms in total. The molecule has 1 aliphatic rings. The summed E-state index contributed by atoms with van der Waals surface area (Å²) in [7, 11) is 1.41. The molecular formula is C37H47NO6S. The van der Waals surface area contributed by atoms with E-state index < -0.39 is 5.60 Å². The highest BCUT2D eigenvalue weighted by Gasteiger charge is 2.28. The average Bonchev–Trinajstić information content (AvgIpc) is 3.02. The topological polar surface area (TPSA) is 74.3 Å². The van der Waals surface area contributed by atoms with Crippen LogP contribution in [-0.4, -0.2) is 60.9 Å². The maximum atomic E-state index is 13.5. The summed E-state index contributed by atoms with van der Waals surface area (Å²) in [6.07, 6.45) is 2.57. The van der Waals surface area contributed by atoms with Crippen molar-refractivity contribution < 1.29 is 28.5 Å². The van der Waals surface area contributed by atoms with Crippen LogP contribution in [0.4, 0.5) is 4.79 Å². The van der Waals surface area contributed by atoms with Crippen LogP contribution in [0.3, 0.4) is 0 Å². The Kier molecular flexibility index (Phi) is 12.5. The zero-order chi connectivity index (χ0) is 32.4. The monoisotopic (exact) mass is 633 g/mol. The second-order valence-corrected chi connectivity index (χ2v) is 14.2. The number of ether oxygens (including phenoxy) is 4. The van der Waals surface area contributed by atoms with Gasteiger partial charge in [0.05, 0.1) is 19.2 Å². The number of carbonyl (C=O) groups excluding carboxylic acids is 2. The molecule has 0 radical (unpaired) electrons. The van der Waals surface area contributed by atoms with Gasteiger partial charge in [0.2, 0.25) is 0 Å². The summed E-state index contributed by atoms with van der Waals surface area (Å²) in [5, 5.41) is 0.320. The van der Waals surface area contributed by atoms with Gasteiger partial charge < -0.3 is 23.8 Å². The highest BCUT2D eigenvalue weighted by atomic mass is 32.2. The second kappa shape index (κ2) is 16.3. The fourth-order valence-corrected chi connectivity index (χ4v) is 6.12. The fraction of sp³-hybridized carbons (Fsp3) is 0.459. The lowest BCUT2D eigenvalue weighted by molar-refractivity contribution is -0.192. The zero-order valence-corrected chi connectivity index (χ0v) is 28.2. The summed E-state index contributed by atoms with van der Waals surface area (Å²) >= 11 is 1.64. The van der Waals surface area contributed by atoms with Crippen molar-refractivity contribution in [2.24, 2.45) is 0 Å². The Bertz CT molecular complexity index is 1380. The van der Waals surface area contributed by atoms with Crippen molar-refractivity contribution >= 4 is 23.8 Å². The Balaban J connectivity index is 1.51. The first-order chi connectivity index (χ1) is 21.5. The van der Waals surface area contributed by atoms with Crippen molar-refractivity contribution in [1.29, 1.82) is 0 Å². The van der Waals surface area contributed by atoms with Gasteiger partial charge in [-0.3, -0.25) is 0 Å². The van der Waals surface area contributed by atoms with Gasteiger partial charge in [0.25, 0.3) is 0 Å². The third-order valence-electron chi connectivity index (χ3n) is 7.37. The van der Waals surface area contributed by atoms with E-state index in [-0.39, 0.29) is 24.5 Å². The Morgan fingerprint density at radius 1 is 0.978 bits per heavy atom. The van der Waals surface area contributed by atoms with E-state index in [9.17, 15) is 9.59 Å². The van der Waals surface area contributed by atoms with Crippen molar-refractivity contribution in [2.75, 3.05) is 26.8 Å². The van der Waals surface area contributed by atoms with Gasteiger partial charge in [-0.1, -0.05) is 74.5 Å². The molecule has 1 saturated heterocycles. The molecule has 4 rings (SSSR count). The molecule has 0 bridgehead atoms. The maximum Gasteiger partial charge on any atom is 0.410 e. The number of rotatable bonds is 12. The molecule has 0 aromatic heterocycles. The number of amides is 1. The lowest BCUT2D eigenvalue weighted by Crippen LogP contribution is -2.41. The molecule has 45 heavy (non-hydrogen) atoms. The van der Waals surface area contributed by atoms with E-state index in [1.165, 1.54) is 7.11 Å². The van der Waals surface area contributed by atoms with Gasteiger partial charge in [0.1, 0.15) is 11.7 Å². The summed E-state index contributed by atoms with van der Waals surface area (Å²) in [6, 6.07) is 24.2. The normalized spacial score (nSPS) is 15.8. The Morgan fingerprint density at radius 3 is 2.31 bits per heavy atom. The summed E-state index contributed by atoms with van der Waals surface area (Å²) in [6.45, 7) is 11.3. The van der Waals surface area contributed by atoms with Crippen molar-refractivity contribution in [3.8, 4) is 11.1 Å². The van der Waals surface area contributed by atoms with Crippen LogP contribution < -0.4 is 0 Å². The zero-order valence-electron chi connectivity index (χ0n) is 27.4. The van der Waals surface area contributed by atoms with Crippen LogP contribution in [0.25, 0.3) is 11.1 Å². The Labute approximate surface area is 272 Å². The Morgan fingerprint density at radius 2 is 1.69 bits per heavy atom. The van der Waals surface area contributed by atoms with Crippen LogP contribution in [0.1, 0.15) is 81.5 Å². The molecule has 0 spiro atoms. The molecule has 8 heteroatoms. The van der Waals surface area contributed by atoms with Gasteiger partial charge in [0, 0.05) is 23.3 Å². The SMILES string of the molecule is COC(=O)c1ccc(-c2ccc(CCN(C[C@H](OC3CCCCO3)c3ccccc3)C(=O)OC(C)(C)C)cc2)cc1SC(C)C. The predicted molar refractivity (Wildman–Crippen MR) is 180 cm³/mol. The first-order valence-corrected chi connectivity index (χ1v) is 16.7. The van der Waals surface area contributed by atoms with E-state index in [0.717, 1.165) is 46.4 Å². The highest BCUT2D eigenvalue weighted by Crippen LogP contribution is 2.32. The van der Waals surface area contributed by atoms with Crippen LogP contribution in [-0.2, 0) is 25.4 Å².